The quantitative estimate of drug-likeness (QED) is 0.714. The number of H-pyrrole nitrogens is 1. The molecule has 0 unspecified atom stereocenters. The maximum absolute atomic E-state index is 13.0. The number of hydrogen-bond donors (Lipinski definition) is 2. The Bertz CT molecular complexity index is 1090. The summed E-state index contributed by atoms with van der Waals surface area (Å²) in [5.74, 6) is 0.720. The van der Waals surface area contributed by atoms with Crippen molar-refractivity contribution in [1.82, 2.24) is 15.2 Å². The van der Waals surface area contributed by atoms with Crippen LogP contribution in [0, 0.1) is 13.8 Å². The van der Waals surface area contributed by atoms with Crippen LogP contribution in [0.1, 0.15) is 24.1 Å². The van der Waals surface area contributed by atoms with Gasteiger partial charge in [-0.15, -0.1) is 0 Å². The molecule has 2 aromatic heterocycles. The second-order valence-corrected chi connectivity index (χ2v) is 9.07. The molecule has 0 aliphatic carbocycles. The van der Waals surface area contributed by atoms with Crippen LogP contribution >= 0.6 is 0 Å². The van der Waals surface area contributed by atoms with E-state index in [0.717, 1.165) is 33.7 Å². The lowest BCUT2D eigenvalue weighted by atomic mass is 10.2. The number of aryl methyl sites for hydroxylation is 1. The Hall–Kier alpha value is -2.45. The van der Waals surface area contributed by atoms with Gasteiger partial charge in [0.2, 0.25) is 0 Å². The molecule has 3 heterocycles. The van der Waals surface area contributed by atoms with E-state index in [1.54, 1.807) is 24.4 Å². The van der Waals surface area contributed by atoms with Crippen molar-refractivity contribution < 1.29 is 13.2 Å². The van der Waals surface area contributed by atoms with E-state index in [1.165, 1.54) is 0 Å². The normalized spacial score (nSPS) is 15.9. The molecule has 0 saturated carbocycles. The molecule has 1 aromatic carbocycles. The Morgan fingerprint density at radius 2 is 1.96 bits per heavy atom. The summed E-state index contributed by atoms with van der Waals surface area (Å²) in [7, 11) is -3.40. The molecule has 7 nitrogen and oxygen atoms in total. The molecule has 4 rings (SSSR count). The van der Waals surface area contributed by atoms with E-state index >= 15 is 0 Å². The summed E-state index contributed by atoms with van der Waals surface area (Å²) in [6.45, 7) is 4.91. The highest BCUT2D eigenvalue weighted by atomic mass is 32.2. The number of nitrogens with zero attached hydrogens (tertiary/aromatic N) is 2. The highest BCUT2D eigenvalue weighted by Crippen LogP contribution is 2.31. The Kier molecular flexibility index (Phi) is 4.61. The number of anilines is 2. The van der Waals surface area contributed by atoms with Crippen LogP contribution in [-0.2, 0) is 14.6 Å². The summed E-state index contributed by atoms with van der Waals surface area (Å²) in [5, 5.41) is 10.9. The van der Waals surface area contributed by atoms with E-state index < -0.39 is 15.1 Å². The molecule has 0 amide bonds. The summed E-state index contributed by atoms with van der Waals surface area (Å²) in [5.41, 5.74) is 3.51. The Balaban J connectivity index is 1.76. The lowest BCUT2D eigenvalue weighted by Crippen LogP contribution is -2.28. The molecule has 1 aliphatic rings. The lowest BCUT2D eigenvalue weighted by molar-refractivity contribution is 0.0983. The largest absolute Gasteiger partial charge is 0.381 e. The predicted octanol–water partition coefficient (Wildman–Crippen LogP) is 3.27. The van der Waals surface area contributed by atoms with Crippen molar-refractivity contribution in [2.24, 2.45) is 0 Å². The van der Waals surface area contributed by atoms with Gasteiger partial charge in [0.25, 0.3) is 0 Å². The first-order chi connectivity index (χ1) is 13.0. The molecule has 0 spiro atoms. The monoisotopic (exact) mass is 386 g/mol. The second kappa shape index (κ2) is 6.94. The zero-order chi connectivity index (χ0) is 19.0. The van der Waals surface area contributed by atoms with E-state index in [9.17, 15) is 8.42 Å². The van der Waals surface area contributed by atoms with Crippen LogP contribution in [0.2, 0.25) is 0 Å². The molecular weight excluding hydrogens is 364 g/mol. The first-order valence-electron chi connectivity index (χ1n) is 8.96. The molecule has 3 aromatic rings. The van der Waals surface area contributed by atoms with Crippen molar-refractivity contribution in [2.45, 2.75) is 36.8 Å². The number of sulfone groups is 1. The zero-order valence-electron chi connectivity index (χ0n) is 15.3. The summed E-state index contributed by atoms with van der Waals surface area (Å²) < 4.78 is 31.4. The number of fused-ring (bicyclic) bond motifs is 1. The van der Waals surface area contributed by atoms with Crippen LogP contribution in [0.5, 0.6) is 0 Å². The molecule has 8 heteroatoms. The van der Waals surface area contributed by atoms with Crippen molar-refractivity contribution >= 4 is 32.2 Å². The van der Waals surface area contributed by atoms with Crippen molar-refractivity contribution in [3.05, 3.63) is 41.7 Å². The number of ether oxygens (including phenoxy) is 1. The summed E-state index contributed by atoms with van der Waals surface area (Å²) in [6.07, 6.45) is 2.76. The first-order valence-corrected chi connectivity index (χ1v) is 10.5. The number of nitrogens with one attached hydrogen (secondary N) is 2. The van der Waals surface area contributed by atoms with Crippen LogP contribution in [0.4, 0.5) is 11.5 Å². The number of rotatable bonds is 4. The zero-order valence-corrected chi connectivity index (χ0v) is 16.1. The Labute approximate surface area is 158 Å². The van der Waals surface area contributed by atoms with Gasteiger partial charge in [-0.3, -0.25) is 10.1 Å². The number of aromatic nitrogens is 3. The van der Waals surface area contributed by atoms with E-state index in [4.69, 9.17) is 4.74 Å². The fraction of sp³-hybridized carbons (Fsp3) is 0.368. The van der Waals surface area contributed by atoms with Crippen molar-refractivity contribution in [3.63, 3.8) is 0 Å². The summed E-state index contributed by atoms with van der Waals surface area (Å²) >= 11 is 0. The maximum Gasteiger partial charge on any atom is 0.181 e. The average molecular weight is 386 g/mol. The standard InChI is InChI=1S/C19H22N4O3S/c1-12-13(2)22-23-19(12)21-18-5-8-20-17-4-3-15(11-16(17)18)27(24,25)14-6-9-26-10-7-14/h3-5,8,11,14H,6-7,9-10H2,1-2H3,(H2,20,21,22,23). The molecule has 2 N–H and O–H groups in total. The Morgan fingerprint density at radius 1 is 1.19 bits per heavy atom. The number of benzene rings is 1. The minimum absolute atomic E-state index is 0.327. The third-order valence-electron chi connectivity index (χ3n) is 5.15. The van der Waals surface area contributed by atoms with Gasteiger partial charge in [-0.2, -0.15) is 5.10 Å². The molecular formula is C19H22N4O3S. The van der Waals surface area contributed by atoms with Crippen molar-refractivity contribution in [1.29, 1.82) is 0 Å². The third-order valence-corrected chi connectivity index (χ3v) is 7.41. The van der Waals surface area contributed by atoms with E-state index in [1.807, 2.05) is 19.9 Å². The molecule has 0 radical (unpaired) electrons. The van der Waals surface area contributed by atoms with Gasteiger partial charge in [0.1, 0.15) is 0 Å². The third kappa shape index (κ3) is 3.30. The first kappa shape index (κ1) is 17.9. The van der Waals surface area contributed by atoms with Gasteiger partial charge in [0.15, 0.2) is 15.7 Å². The molecule has 1 fully saturated rings. The van der Waals surface area contributed by atoms with Crippen LogP contribution in [0.25, 0.3) is 10.9 Å². The van der Waals surface area contributed by atoms with Gasteiger partial charge >= 0.3 is 0 Å². The van der Waals surface area contributed by atoms with E-state index in [2.05, 4.69) is 20.5 Å². The van der Waals surface area contributed by atoms with Gasteiger partial charge in [-0.1, -0.05) is 0 Å². The van der Waals surface area contributed by atoms with E-state index in [-0.39, 0.29) is 0 Å². The van der Waals surface area contributed by atoms with Gasteiger partial charge in [-0.25, -0.2) is 8.42 Å². The SMILES string of the molecule is Cc1[nH]nc(Nc2ccnc3ccc(S(=O)(=O)C4CCOCC4)cc23)c1C. The molecule has 142 valence electrons. The lowest BCUT2D eigenvalue weighted by Gasteiger charge is -2.22. The van der Waals surface area contributed by atoms with E-state index in [0.29, 0.717) is 31.0 Å². The summed E-state index contributed by atoms with van der Waals surface area (Å²) in [4.78, 5) is 4.69. The van der Waals surface area contributed by atoms with Crippen molar-refractivity contribution in [3.8, 4) is 0 Å². The molecule has 1 saturated heterocycles. The van der Waals surface area contributed by atoms with Gasteiger partial charge in [0, 0.05) is 36.1 Å². The van der Waals surface area contributed by atoms with Gasteiger partial charge in [0.05, 0.1) is 21.3 Å². The number of aromatic amines is 1. The topological polar surface area (TPSA) is 97.0 Å². The van der Waals surface area contributed by atoms with Gasteiger partial charge < -0.3 is 10.1 Å². The minimum Gasteiger partial charge on any atom is -0.381 e. The fourth-order valence-electron chi connectivity index (χ4n) is 3.32. The second-order valence-electron chi connectivity index (χ2n) is 6.84. The molecule has 0 bridgehead atoms. The minimum atomic E-state index is -3.40. The van der Waals surface area contributed by atoms with Crippen LogP contribution in [0.3, 0.4) is 0 Å². The average Bonchev–Trinajstić information content (AvgIpc) is 3.00. The predicted molar refractivity (Wildman–Crippen MR) is 104 cm³/mol. The van der Waals surface area contributed by atoms with Gasteiger partial charge in [-0.05, 0) is 51.0 Å². The highest BCUT2D eigenvalue weighted by molar-refractivity contribution is 7.92. The smallest absolute Gasteiger partial charge is 0.181 e. The van der Waals surface area contributed by atoms with Crippen LogP contribution in [0.15, 0.2) is 35.4 Å². The van der Waals surface area contributed by atoms with Crippen molar-refractivity contribution in [2.75, 3.05) is 18.5 Å². The Morgan fingerprint density at radius 3 is 2.67 bits per heavy atom. The molecule has 1 aliphatic heterocycles. The maximum atomic E-state index is 13.0. The van der Waals surface area contributed by atoms with Crippen LogP contribution in [-0.4, -0.2) is 42.1 Å². The molecule has 27 heavy (non-hydrogen) atoms. The van der Waals surface area contributed by atoms with Crippen LogP contribution < -0.4 is 5.32 Å². The molecule has 0 atom stereocenters. The fourth-order valence-corrected chi connectivity index (χ4v) is 5.06. The summed E-state index contributed by atoms with van der Waals surface area (Å²) in [6, 6.07) is 6.95. The number of pyridine rings is 1. The number of hydrogen-bond acceptors (Lipinski definition) is 6. The highest BCUT2D eigenvalue weighted by Gasteiger charge is 2.29.